The van der Waals surface area contributed by atoms with Gasteiger partial charge in [0.05, 0.1) is 0 Å². The molecular weight excluding hydrogens is 388 g/mol. The van der Waals surface area contributed by atoms with E-state index in [0.29, 0.717) is 0 Å². The van der Waals surface area contributed by atoms with Crippen molar-refractivity contribution in [1.82, 2.24) is 9.97 Å². The lowest BCUT2D eigenvalue weighted by atomic mass is 9.94. The van der Waals surface area contributed by atoms with Gasteiger partial charge >= 0.3 is 0 Å². The van der Waals surface area contributed by atoms with E-state index in [1.807, 2.05) is 0 Å². The number of aromatic nitrogens is 2. The van der Waals surface area contributed by atoms with E-state index in [9.17, 15) is 0 Å². The van der Waals surface area contributed by atoms with E-state index in [1.165, 1.54) is 67.3 Å². The highest BCUT2D eigenvalue weighted by molar-refractivity contribution is 5.85. The monoisotopic (exact) mass is 416 g/mol. The fourth-order valence-corrected chi connectivity index (χ4v) is 4.98. The summed E-state index contributed by atoms with van der Waals surface area (Å²) in [4.78, 5) is 7.26. The van der Waals surface area contributed by atoms with Crippen LogP contribution in [0.15, 0.2) is 84.9 Å². The van der Waals surface area contributed by atoms with Crippen LogP contribution in [0.4, 0.5) is 0 Å². The summed E-state index contributed by atoms with van der Waals surface area (Å²) >= 11 is 0. The number of hydrogen-bond acceptors (Lipinski definition) is 0. The Morgan fingerprint density at radius 2 is 0.812 bits per heavy atom. The molecule has 0 aliphatic carbocycles. The molecule has 5 rings (SSSR count). The molecule has 0 fully saturated rings. The standard InChI is InChI=1S/C30H28N2/c1-19-27(21(3)31-29(19)23-12-7-5-8-13-23)25-16-11-17-26(18-25)28-20(2)30(32-22(28)4)24-14-9-6-10-15-24/h5-18,31-32H,1-4H3. The minimum Gasteiger partial charge on any atom is -0.358 e. The quantitative estimate of drug-likeness (QED) is 0.296. The number of benzene rings is 3. The van der Waals surface area contributed by atoms with E-state index in [-0.39, 0.29) is 0 Å². The predicted molar refractivity (Wildman–Crippen MR) is 136 cm³/mol. The van der Waals surface area contributed by atoms with Gasteiger partial charge in [-0.1, -0.05) is 78.9 Å². The molecule has 32 heavy (non-hydrogen) atoms. The van der Waals surface area contributed by atoms with Crippen LogP contribution < -0.4 is 0 Å². The molecule has 0 spiro atoms. The minimum atomic E-state index is 1.20. The van der Waals surface area contributed by atoms with Gasteiger partial charge in [-0.25, -0.2) is 0 Å². The summed E-state index contributed by atoms with van der Waals surface area (Å²) in [6.07, 6.45) is 0. The molecule has 0 aliphatic rings. The first kappa shape index (κ1) is 20.1. The molecular formula is C30H28N2. The Morgan fingerprint density at radius 3 is 1.22 bits per heavy atom. The molecule has 2 heterocycles. The summed E-state index contributed by atoms with van der Waals surface area (Å²) < 4.78 is 0. The van der Waals surface area contributed by atoms with Gasteiger partial charge in [-0.2, -0.15) is 0 Å². The Labute approximate surface area is 190 Å². The summed E-state index contributed by atoms with van der Waals surface area (Å²) in [6.45, 7) is 8.77. The first-order chi connectivity index (χ1) is 15.5. The van der Waals surface area contributed by atoms with Crippen LogP contribution in [0.2, 0.25) is 0 Å². The maximum atomic E-state index is 3.63. The third kappa shape index (κ3) is 3.38. The Kier molecular flexibility index (Phi) is 5.07. The van der Waals surface area contributed by atoms with Crippen molar-refractivity contribution in [2.75, 3.05) is 0 Å². The normalized spacial score (nSPS) is 11.1. The molecule has 0 atom stereocenters. The average molecular weight is 417 g/mol. The van der Waals surface area contributed by atoms with Crippen LogP contribution in [-0.4, -0.2) is 9.97 Å². The molecule has 5 aromatic rings. The van der Waals surface area contributed by atoms with E-state index in [4.69, 9.17) is 0 Å². The highest BCUT2D eigenvalue weighted by Gasteiger charge is 2.18. The van der Waals surface area contributed by atoms with Crippen LogP contribution in [0.25, 0.3) is 44.8 Å². The summed E-state index contributed by atoms with van der Waals surface area (Å²) in [6, 6.07) is 30.1. The zero-order valence-corrected chi connectivity index (χ0v) is 19.1. The van der Waals surface area contributed by atoms with Gasteiger partial charge in [0, 0.05) is 33.9 Å². The summed E-state index contributed by atoms with van der Waals surface area (Å²) in [5, 5.41) is 0. The largest absolute Gasteiger partial charge is 0.358 e. The smallest absolute Gasteiger partial charge is 0.0492 e. The van der Waals surface area contributed by atoms with Gasteiger partial charge in [0.15, 0.2) is 0 Å². The zero-order chi connectivity index (χ0) is 22.2. The summed E-state index contributed by atoms with van der Waals surface area (Å²) in [5.41, 5.74) is 14.9. The van der Waals surface area contributed by atoms with Crippen LogP contribution in [-0.2, 0) is 0 Å². The molecule has 0 bridgehead atoms. The molecule has 2 N–H and O–H groups in total. The second-order valence-electron chi connectivity index (χ2n) is 8.56. The fraction of sp³-hybridized carbons (Fsp3) is 0.133. The van der Waals surface area contributed by atoms with Gasteiger partial charge in [0.2, 0.25) is 0 Å². The average Bonchev–Trinajstić information content (AvgIpc) is 3.29. The number of aryl methyl sites for hydroxylation is 2. The van der Waals surface area contributed by atoms with E-state index in [0.717, 1.165) is 0 Å². The van der Waals surface area contributed by atoms with Gasteiger partial charge in [0.1, 0.15) is 0 Å². The number of hydrogen-bond donors (Lipinski definition) is 2. The molecule has 2 nitrogen and oxygen atoms in total. The molecule has 2 heteroatoms. The fourth-order valence-electron chi connectivity index (χ4n) is 4.98. The second kappa shape index (κ2) is 8.05. The van der Waals surface area contributed by atoms with Crippen LogP contribution in [0.5, 0.6) is 0 Å². The SMILES string of the molecule is Cc1[nH]c(-c2ccccc2)c(C)c1-c1cccc(-c2c(C)[nH]c(-c3ccccc3)c2C)c1. The maximum absolute atomic E-state index is 3.63. The molecule has 0 saturated carbocycles. The van der Waals surface area contributed by atoms with Crippen LogP contribution in [0.3, 0.4) is 0 Å². The van der Waals surface area contributed by atoms with Gasteiger partial charge in [-0.15, -0.1) is 0 Å². The highest BCUT2D eigenvalue weighted by atomic mass is 14.7. The van der Waals surface area contributed by atoms with Crippen LogP contribution in [0.1, 0.15) is 22.5 Å². The summed E-state index contributed by atoms with van der Waals surface area (Å²) in [7, 11) is 0. The third-order valence-electron chi connectivity index (χ3n) is 6.44. The molecule has 0 aliphatic heterocycles. The molecule has 0 amide bonds. The van der Waals surface area contributed by atoms with Gasteiger partial charge in [-0.3, -0.25) is 0 Å². The van der Waals surface area contributed by atoms with Crippen LogP contribution in [0, 0.1) is 27.7 Å². The van der Waals surface area contributed by atoms with Crippen molar-refractivity contribution in [3.63, 3.8) is 0 Å². The number of H-pyrrole nitrogens is 2. The van der Waals surface area contributed by atoms with Crippen molar-refractivity contribution in [2.45, 2.75) is 27.7 Å². The van der Waals surface area contributed by atoms with Gasteiger partial charge < -0.3 is 9.97 Å². The zero-order valence-electron chi connectivity index (χ0n) is 19.1. The number of rotatable bonds is 4. The van der Waals surface area contributed by atoms with E-state index in [1.54, 1.807) is 0 Å². The molecule has 3 aromatic carbocycles. The van der Waals surface area contributed by atoms with E-state index >= 15 is 0 Å². The number of aromatic amines is 2. The lowest BCUT2D eigenvalue weighted by molar-refractivity contribution is 1.26. The van der Waals surface area contributed by atoms with Crippen molar-refractivity contribution >= 4 is 0 Å². The molecule has 0 unspecified atom stereocenters. The van der Waals surface area contributed by atoms with Crippen molar-refractivity contribution in [3.05, 3.63) is 107 Å². The summed E-state index contributed by atoms with van der Waals surface area (Å²) in [5.74, 6) is 0. The number of nitrogens with one attached hydrogen (secondary N) is 2. The van der Waals surface area contributed by atoms with Crippen molar-refractivity contribution in [2.24, 2.45) is 0 Å². The lowest BCUT2D eigenvalue weighted by Crippen LogP contribution is -1.86. The van der Waals surface area contributed by atoms with Gasteiger partial charge in [-0.05, 0) is 67.1 Å². The molecule has 0 radical (unpaired) electrons. The molecule has 0 saturated heterocycles. The van der Waals surface area contributed by atoms with Crippen LogP contribution >= 0.6 is 0 Å². The van der Waals surface area contributed by atoms with Crippen molar-refractivity contribution < 1.29 is 0 Å². The molecule has 158 valence electrons. The minimum absolute atomic E-state index is 1.20. The molecule has 2 aromatic heterocycles. The Morgan fingerprint density at radius 1 is 0.438 bits per heavy atom. The van der Waals surface area contributed by atoms with Crippen molar-refractivity contribution in [1.29, 1.82) is 0 Å². The van der Waals surface area contributed by atoms with Gasteiger partial charge in [0.25, 0.3) is 0 Å². The highest BCUT2D eigenvalue weighted by Crippen LogP contribution is 2.39. The second-order valence-corrected chi connectivity index (χ2v) is 8.56. The maximum Gasteiger partial charge on any atom is 0.0492 e. The lowest BCUT2D eigenvalue weighted by Gasteiger charge is -2.09. The Bertz CT molecular complexity index is 1280. The predicted octanol–water partition coefficient (Wildman–Crippen LogP) is 8.24. The third-order valence-corrected chi connectivity index (χ3v) is 6.44. The first-order valence-corrected chi connectivity index (χ1v) is 11.1. The Balaban J connectivity index is 1.61. The van der Waals surface area contributed by atoms with E-state index in [2.05, 4.69) is 123 Å². The van der Waals surface area contributed by atoms with Crippen molar-refractivity contribution in [3.8, 4) is 44.8 Å². The first-order valence-electron chi connectivity index (χ1n) is 11.1. The Hall–Kier alpha value is -3.78. The topological polar surface area (TPSA) is 31.6 Å². The van der Waals surface area contributed by atoms with E-state index < -0.39 is 0 Å².